The SMILES string of the molecule is Cc1ccc(OCCN2CCOCC2)c(Br)c1. The Labute approximate surface area is 111 Å². The number of halogens is 1. The van der Waals surface area contributed by atoms with E-state index >= 15 is 0 Å². The summed E-state index contributed by atoms with van der Waals surface area (Å²) in [4.78, 5) is 2.37. The van der Waals surface area contributed by atoms with Crippen molar-refractivity contribution < 1.29 is 9.47 Å². The molecule has 1 aromatic carbocycles. The summed E-state index contributed by atoms with van der Waals surface area (Å²) in [7, 11) is 0. The van der Waals surface area contributed by atoms with E-state index < -0.39 is 0 Å². The number of nitrogens with zero attached hydrogens (tertiary/aromatic N) is 1. The van der Waals surface area contributed by atoms with Crippen LogP contribution in [-0.4, -0.2) is 44.4 Å². The normalized spacial score (nSPS) is 17.1. The fourth-order valence-corrected chi connectivity index (χ4v) is 2.44. The molecule has 0 bridgehead atoms. The van der Waals surface area contributed by atoms with Crippen molar-refractivity contribution in [2.24, 2.45) is 0 Å². The summed E-state index contributed by atoms with van der Waals surface area (Å²) in [6.07, 6.45) is 0. The summed E-state index contributed by atoms with van der Waals surface area (Å²) in [5, 5.41) is 0. The van der Waals surface area contributed by atoms with Gasteiger partial charge in [0.1, 0.15) is 12.4 Å². The molecule has 3 nitrogen and oxygen atoms in total. The van der Waals surface area contributed by atoms with Crippen LogP contribution in [0.4, 0.5) is 0 Å². The molecule has 0 atom stereocenters. The van der Waals surface area contributed by atoms with E-state index in [4.69, 9.17) is 9.47 Å². The zero-order valence-electron chi connectivity index (χ0n) is 10.1. The van der Waals surface area contributed by atoms with Gasteiger partial charge in [-0.2, -0.15) is 0 Å². The first-order valence-corrected chi connectivity index (χ1v) is 6.74. The molecule has 0 aromatic heterocycles. The highest BCUT2D eigenvalue weighted by molar-refractivity contribution is 9.10. The standard InChI is InChI=1S/C13H18BrNO2/c1-11-2-3-13(12(14)10-11)17-9-6-15-4-7-16-8-5-15/h2-3,10H,4-9H2,1H3. The Morgan fingerprint density at radius 2 is 2.12 bits per heavy atom. The van der Waals surface area contributed by atoms with Crippen molar-refractivity contribution in [1.29, 1.82) is 0 Å². The maximum atomic E-state index is 5.77. The minimum absolute atomic E-state index is 0.724. The van der Waals surface area contributed by atoms with E-state index in [1.807, 2.05) is 6.07 Å². The van der Waals surface area contributed by atoms with Gasteiger partial charge in [0.25, 0.3) is 0 Å². The quantitative estimate of drug-likeness (QED) is 0.852. The van der Waals surface area contributed by atoms with Crippen LogP contribution in [0.2, 0.25) is 0 Å². The predicted molar refractivity (Wildman–Crippen MR) is 71.6 cm³/mol. The summed E-state index contributed by atoms with van der Waals surface area (Å²) in [5.41, 5.74) is 1.23. The Balaban J connectivity index is 1.77. The second-order valence-corrected chi connectivity index (χ2v) is 5.09. The van der Waals surface area contributed by atoms with Crippen molar-refractivity contribution >= 4 is 15.9 Å². The molecule has 1 saturated heterocycles. The van der Waals surface area contributed by atoms with Crippen LogP contribution in [0.1, 0.15) is 5.56 Å². The molecule has 0 radical (unpaired) electrons. The van der Waals surface area contributed by atoms with Gasteiger partial charge in [0.05, 0.1) is 17.7 Å². The van der Waals surface area contributed by atoms with E-state index in [2.05, 4.69) is 39.9 Å². The fraction of sp³-hybridized carbons (Fsp3) is 0.538. The Morgan fingerprint density at radius 3 is 2.82 bits per heavy atom. The van der Waals surface area contributed by atoms with Crippen molar-refractivity contribution in [2.45, 2.75) is 6.92 Å². The number of benzene rings is 1. The first kappa shape index (κ1) is 12.9. The maximum absolute atomic E-state index is 5.77. The smallest absolute Gasteiger partial charge is 0.133 e. The molecule has 0 spiro atoms. The van der Waals surface area contributed by atoms with Crippen molar-refractivity contribution in [2.75, 3.05) is 39.5 Å². The van der Waals surface area contributed by atoms with Crippen LogP contribution in [0, 0.1) is 6.92 Å². The van der Waals surface area contributed by atoms with Crippen molar-refractivity contribution in [3.05, 3.63) is 28.2 Å². The summed E-state index contributed by atoms with van der Waals surface area (Å²) in [6.45, 7) is 7.47. The van der Waals surface area contributed by atoms with Gasteiger partial charge in [-0.1, -0.05) is 6.07 Å². The molecule has 94 valence electrons. The topological polar surface area (TPSA) is 21.7 Å². The summed E-state index contributed by atoms with van der Waals surface area (Å²) < 4.78 is 12.1. The van der Waals surface area contributed by atoms with Crippen LogP contribution in [-0.2, 0) is 4.74 Å². The largest absolute Gasteiger partial charge is 0.491 e. The number of hydrogen-bond donors (Lipinski definition) is 0. The first-order chi connectivity index (χ1) is 8.25. The molecule has 17 heavy (non-hydrogen) atoms. The Bertz CT molecular complexity index is 364. The van der Waals surface area contributed by atoms with Gasteiger partial charge < -0.3 is 9.47 Å². The molecule has 0 unspecified atom stereocenters. The average molecular weight is 300 g/mol. The van der Waals surface area contributed by atoms with Crippen LogP contribution in [0.15, 0.2) is 22.7 Å². The van der Waals surface area contributed by atoms with Crippen LogP contribution in [0.25, 0.3) is 0 Å². The molecule has 1 aliphatic rings. The zero-order valence-corrected chi connectivity index (χ0v) is 11.7. The van der Waals surface area contributed by atoms with E-state index in [0.29, 0.717) is 0 Å². The van der Waals surface area contributed by atoms with Crippen LogP contribution in [0.3, 0.4) is 0 Å². The second-order valence-electron chi connectivity index (χ2n) is 4.24. The minimum Gasteiger partial charge on any atom is -0.491 e. The molecule has 0 N–H and O–H groups in total. The van der Waals surface area contributed by atoms with Crippen LogP contribution < -0.4 is 4.74 Å². The molecule has 0 amide bonds. The minimum atomic E-state index is 0.724. The van der Waals surface area contributed by atoms with Gasteiger partial charge in [0, 0.05) is 19.6 Å². The Kier molecular flexibility index (Phi) is 4.83. The Hall–Kier alpha value is -0.580. The highest BCUT2D eigenvalue weighted by atomic mass is 79.9. The molecular formula is C13H18BrNO2. The van der Waals surface area contributed by atoms with Gasteiger partial charge in [0.2, 0.25) is 0 Å². The van der Waals surface area contributed by atoms with Crippen molar-refractivity contribution in [1.82, 2.24) is 4.90 Å². The first-order valence-electron chi connectivity index (χ1n) is 5.95. The number of rotatable bonds is 4. The van der Waals surface area contributed by atoms with Gasteiger partial charge >= 0.3 is 0 Å². The number of hydrogen-bond acceptors (Lipinski definition) is 3. The molecule has 0 saturated carbocycles. The third-order valence-electron chi connectivity index (χ3n) is 2.86. The van der Waals surface area contributed by atoms with Gasteiger partial charge in [-0.3, -0.25) is 4.90 Å². The van der Waals surface area contributed by atoms with Gasteiger partial charge in [-0.25, -0.2) is 0 Å². The Morgan fingerprint density at radius 1 is 1.35 bits per heavy atom. The molecule has 0 aliphatic carbocycles. The lowest BCUT2D eigenvalue weighted by atomic mass is 10.2. The molecule has 4 heteroatoms. The van der Waals surface area contributed by atoms with E-state index in [-0.39, 0.29) is 0 Å². The van der Waals surface area contributed by atoms with Crippen LogP contribution in [0.5, 0.6) is 5.75 Å². The third kappa shape index (κ3) is 3.98. The molecule has 1 fully saturated rings. The van der Waals surface area contributed by atoms with Gasteiger partial charge in [-0.05, 0) is 40.5 Å². The third-order valence-corrected chi connectivity index (χ3v) is 3.48. The van der Waals surface area contributed by atoms with Gasteiger partial charge in [0.15, 0.2) is 0 Å². The van der Waals surface area contributed by atoms with E-state index in [9.17, 15) is 0 Å². The highest BCUT2D eigenvalue weighted by Crippen LogP contribution is 2.25. The molecule has 1 aliphatic heterocycles. The van der Waals surface area contributed by atoms with Gasteiger partial charge in [-0.15, -0.1) is 0 Å². The molecule has 1 aromatic rings. The molecule has 2 rings (SSSR count). The number of aryl methyl sites for hydroxylation is 1. The number of ether oxygens (including phenoxy) is 2. The summed E-state index contributed by atoms with van der Waals surface area (Å²) in [5.74, 6) is 0.920. The fourth-order valence-electron chi connectivity index (χ4n) is 1.83. The summed E-state index contributed by atoms with van der Waals surface area (Å²) >= 11 is 3.51. The summed E-state index contributed by atoms with van der Waals surface area (Å²) in [6, 6.07) is 6.15. The highest BCUT2D eigenvalue weighted by Gasteiger charge is 2.10. The molecule has 1 heterocycles. The lowest BCUT2D eigenvalue weighted by Crippen LogP contribution is -2.38. The lowest BCUT2D eigenvalue weighted by molar-refractivity contribution is 0.0322. The molecular weight excluding hydrogens is 282 g/mol. The predicted octanol–water partition coefficient (Wildman–Crippen LogP) is 2.47. The lowest BCUT2D eigenvalue weighted by Gasteiger charge is -2.26. The second kappa shape index (κ2) is 6.38. The van der Waals surface area contributed by atoms with E-state index in [0.717, 1.165) is 49.7 Å². The van der Waals surface area contributed by atoms with Crippen molar-refractivity contribution in [3.63, 3.8) is 0 Å². The van der Waals surface area contributed by atoms with E-state index in [1.54, 1.807) is 0 Å². The maximum Gasteiger partial charge on any atom is 0.133 e. The van der Waals surface area contributed by atoms with Crippen molar-refractivity contribution in [3.8, 4) is 5.75 Å². The zero-order chi connectivity index (χ0) is 12.1. The average Bonchev–Trinajstić information content (AvgIpc) is 2.33. The van der Waals surface area contributed by atoms with Crippen LogP contribution >= 0.6 is 15.9 Å². The monoisotopic (exact) mass is 299 g/mol. The van der Waals surface area contributed by atoms with E-state index in [1.165, 1.54) is 5.56 Å². The number of morpholine rings is 1.